The van der Waals surface area contributed by atoms with Gasteiger partial charge in [0.05, 0.1) is 5.97 Å². The van der Waals surface area contributed by atoms with E-state index in [0.717, 1.165) is 32.1 Å². The molecule has 1 atom stereocenters. The SMILES string of the molecule is C=CCCCCCCCCCCCCCCC(CC(=O)[O-])(C(=O)[O-])S(=O)(=O)O.[Na+].[Na+]. The Bertz CT molecular complexity index is 582. The van der Waals surface area contributed by atoms with Crippen LogP contribution in [0, 0.1) is 0 Å². The molecule has 0 amide bonds. The van der Waals surface area contributed by atoms with Gasteiger partial charge in [0.2, 0.25) is 0 Å². The maximum absolute atomic E-state index is 11.4. The molecular formula is C20H34Na2O7S. The molecule has 0 fully saturated rings. The quantitative estimate of drug-likeness (QED) is 0.0895. The molecule has 10 heteroatoms. The number of carbonyl (C=O) groups is 2. The van der Waals surface area contributed by atoms with Crippen molar-refractivity contribution in [1.82, 2.24) is 0 Å². The van der Waals surface area contributed by atoms with Gasteiger partial charge in [0, 0.05) is 12.4 Å². The van der Waals surface area contributed by atoms with Crippen LogP contribution in [0.1, 0.15) is 96.3 Å². The maximum atomic E-state index is 11.4. The van der Waals surface area contributed by atoms with Gasteiger partial charge in [-0.25, -0.2) is 0 Å². The molecule has 1 unspecified atom stereocenters. The number of aliphatic carboxylic acids is 2. The molecule has 0 spiro atoms. The van der Waals surface area contributed by atoms with Crippen LogP contribution in [0.25, 0.3) is 0 Å². The maximum Gasteiger partial charge on any atom is 1.00 e. The summed E-state index contributed by atoms with van der Waals surface area (Å²) in [6.07, 6.45) is 13.2. The second kappa shape index (κ2) is 20.2. The van der Waals surface area contributed by atoms with Crippen molar-refractivity contribution in [3.8, 4) is 0 Å². The van der Waals surface area contributed by atoms with E-state index in [9.17, 15) is 32.8 Å². The van der Waals surface area contributed by atoms with Gasteiger partial charge in [-0.15, -0.1) is 6.58 Å². The predicted octanol–water partition coefficient (Wildman–Crippen LogP) is -3.84. The van der Waals surface area contributed by atoms with Gasteiger partial charge in [0.1, 0.15) is 4.75 Å². The van der Waals surface area contributed by atoms with Gasteiger partial charge in [-0.2, -0.15) is 8.42 Å². The van der Waals surface area contributed by atoms with Crippen molar-refractivity contribution in [1.29, 1.82) is 0 Å². The summed E-state index contributed by atoms with van der Waals surface area (Å²) in [4.78, 5) is 22.0. The topological polar surface area (TPSA) is 135 Å². The van der Waals surface area contributed by atoms with Crippen LogP contribution in [-0.4, -0.2) is 29.7 Å². The van der Waals surface area contributed by atoms with Gasteiger partial charge in [-0.05, 0) is 19.3 Å². The van der Waals surface area contributed by atoms with Gasteiger partial charge in [-0.3, -0.25) is 4.55 Å². The zero-order valence-corrected chi connectivity index (χ0v) is 23.5. The number of carbonyl (C=O) groups excluding carboxylic acids is 2. The minimum absolute atomic E-state index is 0. The van der Waals surface area contributed by atoms with E-state index in [-0.39, 0.29) is 65.5 Å². The number of allylic oxidation sites excluding steroid dienone is 1. The molecule has 0 saturated carbocycles. The fourth-order valence-corrected chi connectivity index (χ4v) is 4.20. The molecule has 0 aliphatic rings. The fourth-order valence-electron chi connectivity index (χ4n) is 3.29. The van der Waals surface area contributed by atoms with E-state index >= 15 is 0 Å². The van der Waals surface area contributed by atoms with Crippen LogP contribution in [0.4, 0.5) is 0 Å². The molecule has 30 heavy (non-hydrogen) atoms. The van der Waals surface area contributed by atoms with Gasteiger partial charge in [0.25, 0.3) is 10.1 Å². The molecule has 7 nitrogen and oxygen atoms in total. The number of hydrogen-bond acceptors (Lipinski definition) is 6. The van der Waals surface area contributed by atoms with Gasteiger partial charge in [-0.1, -0.05) is 76.7 Å². The average Bonchev–Trinajstić information content (AvgIpc) is 2.59. The standard InChI is InChI=1S/C20H36O7S.2Na/c1-2-3-4-5-6-7-8-9-10-11-12-13-14-15-16-20(19(23)24,17-18(21)22)28(25,26)27;;/h2H,1,3-17H2,(H,21,22)(H,23,24)(H,25,26,27);;/q;2*+1/p-2. The molecule has 0 aromatic heterocycles. The third-order valence-electron chi connectivity index (χ3n) is 5.03. The van der Waals surface area contributed by atoms with E-state index in [1.165, 1.54) is 38.5 Å². The molecule has 0 radical (unpaired) electrons. The third-order valence-corrected chi connectivity index (χ3v) is 6.54. The Balaban J connectivity index is -0.00000364. The molecule has 0 aromatic carbocycles. The van der Waals surface area contributed by atoms with Crippen molar-refractivity contribution >= 4 is 22.1 Å². The number of carboxylic acids is 2. The summed E-state index contributed by atoms with van der Waals surface area (Å²) < 4.78 is 29.2. The molecule has 1 N–H and O–H groups in total. The van der Waals surface area contributed by atoms with Crippen molar-refractivity contribution in [2.24, 2.45) is 0 Å². The minimum Gasteiger partial charge on any atom is -0.550 e. The first kappa shape index (κ1) is 35.2. The number of carboxylic acid groups (broad SMARTS) is 2. The van der Waals surface area contributed by atoms with E-state index in [1.807, 2.05) is 6.08 Å². The minimum atomic E-state index is -5.13. The number of rotatable bonds is 19. The van der Waals surface area contributed by atoms with Crippen molar-refractivity contribution in [2.75, 3.05) is 0 Å². The Kier molecular flexibility index (Phi) is 23.7. The smallest absolute Gasteiger partial charge is 0.550 e. The van der Waals surface area contributed by atoms with Crippen molar-refractivity contribution in [2.45, 2.75) is 101 Å². The summed E-state index contributed by atoms with van der Waals surface area (Å²) in [6.45, 7) is 3.70. The number of unbranched alkanes of at least 4 members (excludes halogenated alkanes) is 12. The normalized spacial score (nSPS) is 12.8. The molecule has 0 aromatic rings. The first-order valence-corrected chi connectivity index (χ1v) is 11.6. The summed E-state index contributed by atoms with van der Waals surface area (Å²) in [5.74, 6) is -3.97. The molecule has 0 saturated heterocycles. The first-order chi connectivity index (χ1) is 13.2. The van der Waals surface area contributed by atoms with Crippen LogP contribution in [-0.2, 0) is 19.7 Å². The predicted molar refractivity (Wildman–Crippen MR) is 104 cm³/mol. The molecular weight excluding hydrogens is 430 g/mol. The monoisotopic (exact) mass is 464 g/mol. The van der Waals surface area contributed by atoms with E-state index in [0.29, 0.717) is 6.42 Å². The van der Waals surface area contributed by atoms with Crippen LogP contribution >= 0.6 is 0 Å². The van der Waals surface area contributed by atoms with Crippen LogP contribution < -0.4 is 69.3 Å². The van der Waals surface area contributed by atoms with Crippen LogP contribution in [0.3, 0.4) is 0 Å². The molecule has 0 rings (SSSR count). The van der Waals surface area contributed by atoms with E-state index in [4.69, 9.17) is 0 Å². The third kappa shape index (κ3) is 15.4. The Labute approximate surface area is 225 Å². The Morgan fingerprint density at radius 3 is 1.47 bits per heavy atom. The second-order valence-electron chi connectivity index (χ2n) is 7.38. The average molecular weight is 465 g/mol. The van der Waals surface area contributed by atoms with Crippen molar-refractivity contribution < 1.29 is 91.9 Å². The van der Waals surface area contributed by atoms with E-state index in [2.05, 4.69) is 6.58 Å². The summed E-state index contributed by atoms with van der Waals surface area (Å²) in [7, 11) is -5.13. The summed E-state index contributed by atoms with van der Waals surface area (Å²) in [5.41, 5.74) is 0. The zero-order valence-electron chi connectivity index (χ0n) is 18.7. The van der Waals surface area contributed by atoms with Crippen molar-refractivity contribution in [3.05, 3.63) is 12.7 Å². The zero-order chi connectivity index (χ0) is 21.5. The van der Waals surface area contributed by atoms with Gasteiger partial charge in [0.15, 0.2) is 0 Å². The van der Waals surface area contributed by atoms with Crippen LogP contribution in [0.15, 0.2) is 12.7 Å². The molecule has 164 valence electrons. The van der Waals surface area contributed by atoms with Crippen LogP contribution in [0.5, 0.6) is 0 Å². The Morgan fingerprint density at radius 2 is 1.17 bits per heavy atom. The van der Waals surface area contributed by atoms with Crippen LogP contribution in [0.2, 0.25) is 0 Å². The molecule has 0 aliphatic heterocycles. The first-order valence-electron chi connectivity index (χ1n) is 10.2. The summed E-state index contributed by atoms with van der Waals surface area (Å²) in [5, 5.41) is 22.0. The molecule has 0 aliphatic carbocycles. The van der Waals surface area contributed by atoms with Gasteiger partial charge < -0.3 is 19.8 Å². The molecule has 0 heterocycles. The van der Waals surface area contributed by atoms with Crippen molar-refractivity contribution in [3.63, 3.8) is 0 Å². The van der Waals surface area contributed by atoms with E-state index < -0.39 is 39.6 Å². The second-order valence-corrected chi connectivity index (χ2v) is 9.11. The largest absolute Gasteiger partial charge is 1.00 e. The number of hydrogen-bond donors (Lipinski definition) is 1. The fraction of sp³-hybridized carbons (Fsp3) is 0.800. The summed E-state index contributed by atoms with van der Waals surface area (Å²) in [6, 6.07) is 0. The Morgan fingerprint density at radius 1 is 0.800 bits per heavy atom. The van der Waals surface area contributed by atoms with E-state index in [1.54, 1.807) is 0 Å². The summed E-state index contributed by atoms with van der Waals surface area (Å²) >= 11 is 0. The Hall–Kier alpha value is 0.590. The molecule has 0 bridgehead atoms. The van der Waals surface area contributed by atoms with Gasteiger partial charge >= 0.3 is 59.1 Å².